The van der Waals surface area contributed by atoms with Crippen LogP contribution in [0.3, 0.4) is 0 Å². The van der Waals surface area contributed by atoms with Gasteiger partial charge in [0.05, 0.1) is 23.3 Å². The van der Waals surface area contributed by atoms with Crippen LogP contribution in [0.1, 0.15) is 36.9 Å². The van der Waals surface area contributed by atoms with E-state index in [9.17, 15) is 4.39 Å². The summed E-state index contributed by atoms with van der Waals surface area (Å²) >= 11 is 0. The van der Waals surface area contributed by atoms with Crippen molar-refractivity contribution in [3.05, 3.63) is 60.1 Å². The molecule has 0 bridgehead atoms. The van der Waals surface area contributed by atoms with Gasteiger partial charge in [0.25, 0.3) is 0 Å². The summed E-state index contributed by atoms with van der Waals surface area (Å²) in [5.74, 6) is 1.01. The summed E-state index contributed by atoms with van der Waals surface area (Å²) in [6, 6.07) is 5.30. The third-order valence-electron chi connectivity index (χ3n) is 5.96. The molecule has 9 heteroatoms. The first-order valence-corrected chi connectivity index (χ1v) is 10.9. The van der Waals surface area contributed by atoms with Gasteiger partial charge in [-0.3, -0.25) is 0 Å². The van der Waals surface area contributed by atoms with Crippen molar-refractivity contribution in [1.82, 2.24) is 29.7 Å². The van der Waals surface area contributed by atoms with Gasteiger partial charge in [-0.2, -0.15) is 5.10 Å². The third-order valence-corrected chi connectivity index (χ3v) is 5.96. The number of halogens is 1. The highest BCUT2D eigenvalue weighted by atomic mass is 19.1. The summed E-state index contributed by atoms with van der Waals surface area (Å²) in [5.41, 5.74) is 3.13. The number of piperidine rings is 1. The quantitative estimate of drug-likeness (QED) is 0.506. The first-order chi connectivity index (χ1) is 15.6. The van der Waals surface area contributed by atoms with E-state index in [2.05, 4.69) is 42.2 Å². The van der Waals surface area contributed by atoms with Gasteiger partial charge >= 0.3 is 0 Å². The van der Waals surface area contributed by atoms with Gasteiger partial charge in [-0.15, -0.1) is 0 Å². The molecule has 0 aliphatic carbocycles. The van der Waals surface area contributed by atoms with Crippen LogP contribution >= 0.6 is 0 Å². The number of anilines is 3. The van der Waals surface area contributed by atoms with Gasteiger partial charge in [-0.25, -0.2) is 29.0 Å². The molecule has 3 aromatic heterocycles. The molecular formula is C23H25FN8. The molecule has 8 nitrogen and oxygen atoms in total. The summed E-state index contributed by atoms with van der Waals surface area (Å²) in [7, 11) is 0. The van der Waals surface area contributed by atoms with Crippen LogP contribution in [0, 0.1) is 12.7 Å². The maximum atomic E-state index is 14.3. The summed E-state index contributed by atoms with van der Waals surface area (Å²) in [4.78, 5) is 20.0. The van der Waals surface area contributed by atoms with Crippen LogP contribution in [0.5, 0.6) is 0 Å². The zero-order chi connectivity index (χ0) is 22.1. The number of fused-ring (bicyclic) bond motifs is 1. The second kappa shape index (κ2) is 8.49. The van der Waals surface area contributed by atoms with Gasteiger partial charge in [0.1, 0.15) is 18.0 Å². The molecule has 1 aliphatic heterocycles. The number of nitrogens with zero attached hydrogens (tertiary/aromatic N) is 7. The molecule has 1 saturated heterocycles. The molecule has 0 radical (unpaired) electrons. The molecule has 4 heterocycles. The highest BCUT2D eigenvalue weighted by molar-refractivity contribution is 5.88. The highest BCUT2D eigenvalue weighted by Gasteiger charge is 2.25. The summed E-state index contributed by atoms with van der Waals surface area (Å²) in [5, 5.41) is 8.47. The molecule has 5 rings (SSSR count). The van der Waals surface area contributed by atoms with E-state index in [1.54, 1.807) is 12.3 Å². The largest absolute Gasteiger partial charge is 0.341 e. The monoisotopic (exact) mass is 432 g/mol. The van der Waals surface area contributed by atoms with Gasteiger partial charge in [-0.1, -0.05) is 13.0 Å². The normalized spacial score (nSPS) is 14.8. The second-order valence-corrected chi connectivity index (χ2v) is 8.12. The number of hydrogen-bond donors (Lipinski definition) is 1. The second-order valence-electron chi connectivity index (χ2n) is 8.12. The lowest BCUT2D eigenvalue weighted by Gasteiger charge is -2.32. The summed E-state index contributed by atoms with van der Waals surface area (Å²) < 4.78 is 16.3. The first-order valence-electron chi connectivity index (χ1n) is 10.9. The van der Waals surface area contributed by atoms with E-state index in [0.29, 0.717) is 11.5 Å². The molecule has 1 N–H and O–H groups in total. The number of benzene rings is 1. The van der Waals surface area contributed by atoms with Crippen molar-refractivity contribution in [3.8, 4) is 0 Å². The SMILES string of the molecule is CCc1cnc(N2CCC(n3ncc4c(Nc5ccc(C)cc5F)ncnc43)CC2)nc1. The third kappa shape index (κ3) is 3.86. The molecule has 1 fully saturated rings. The molecule has 0 saturated carbocycles. The van der Waals surface area contributed by atoms with E-state index in [-0.39, 0.29) is 11.9 Å². The number of aromatic nitrogens is 6. The molecule has 1 aromatic carbocycles. The lowest BCUT2D eigenvalue weighted by molar-refractivity contribution is 0.372. The van der Waals surface area contributed by atoms with Crippen LogP contribution in [0.25, 0.3) is 11.0 Å². The Balaban J connectivity index is 1.34. The van der Waals surface area contributed by atoms with Gasteiger partial charge in [0, 0.05) is 25.5 Å². The topological polar surface area (TPSA) is 84.7 Å². The van der Waals surface area contributed by atoms with Gasteiger partial charge in [0.15, 0.2) is 5.65 Å². The fraction of sp³-hybridized carbons (Fsp3) is 0.348. The van der Waals surface area contributed by atoms with Gasteiger partial charge < -0.3 is 10.2 Å². The predicted octanol–water partition coefficient (Wildman–Crippen LogP) is 4.21. The number of aryl methyl sites for hydroxylation is 2. The van der Waals surface area contributed by atoms with Gasteiger partial charge in [-0.05, 0) is 49.4 Å². The molecule has 0 spiro atoms. The summed E-state index contributed by atoms with van der Waals surface area (Å²) in [6.07, 6.45) is 9.81. The lowest BCUT2D eigenvalue weighted by Crippen LogP contribution is -2.36. The fourth-order valence-electron chi connectivity index (χ4n) is 4.08. The Bertz CT molecular complexity index is 1230. The molecule has 0 atom stereocenters. The van der Waals surface area contributed by atoms with E-state index in [4.69, 9.17) is 0 Å². The van der Waals surface area contributed by atoms with Crippen molar-refractivity contribution in [3.63, 3.8) is 0 Å². The Labute approximate surface area is 185 Å². The fourth-order valence-corrected chi connectivity index (χ4v) is 4.08. The standard InChI is InChI=1S/C23H25FN8/c1-3-16-11-25-23(26-12-16)31-8-6-17(7-9-31)32-22-18(13-29-32)21(27-14-28-22)30-20-5-4-15(2)10-19(20)24/h4-5,10-14,17H,3,6-9H2,1-2H3,(H,27,28,30). The smallest absolute Gasteiger partial charge is 0.225 e. The van der Waals surface area contributed by atoms with Crippen molar-refractivity contribution >= 4 is 28.5 Å². The van der Waals surface area contributed by atoms with Crippen LogP contribution < -0.4 is 10.2 Å². The Kier molecular flexibility index (Phi) is 5.38. The minimum Gasteiger partial charge on any atom is -0.341 e. The Hall–Kier alpha value is -3.62. The van der Waals surface area contributed by atoms with Crippen LogP contribution in [0.2, 0.25) is 0 Å². The van der Waals surface area contributed by atoms with Crippen molar-refractivity contribution in [2.45, 2.75) is 39.2 Å². The van der Waals surface area contributed by atoms with Crippen molar-refractivity contribution in [2.75, 3.05) is 23.3 Å². The molecule has 1 aliphatic rings. The average molecular weight is 433 g/mol. The molecule has 4 aromatic rings. The Morgan fingerprint density at radius 1 is 1.06 bits per heavy atom. The van der Waals surface area contributed by atoms with Crippen molar-refractivity contribution < 1.29 is 4.39 Å². The average Bonchev–Trinajstić information content (AvgIpc) is 3.26. The van der Waals surface area contributed by atoms with E-state index < -0.39 is 0 Å². The highest BCUT2D eigenvalue weighted by Crippen LogP contribution is 2.30. The predicted molar refractivity (Wildman–Crippen MR) is 122 cm³/mol. The number of rotatable bonds is 5. The van der Waals surface area contributed by atoms with Crippen molar-refractivity contribution in [2.24, 2.45) is 0 Å². The van der Waals surface area contributed by atoms with Crippen LogP contribution in [0.4, 0.5) is 21.8 Å². The molecular weight excluding hydrogens is 407 g/mol. The first kappa shape index (κ1) is 20.3. The van der Waals surface area contributed by atoms with Crippen LogP contribution in [0.15, 0.2) is 43.1 Å². The molecule has 0 amide bonds. The van der Waals surface area contributed by atoms with Crippen LogP contribution in [-0.2, 0) is 6.42 Å². The maximum absolute atomic E-state index is 14.3. The van der Waals surface area contributed by atoms with E-state index >= 15 is 0 Å². The Morgan fingerprint density at radius 2 is 1.84 bits per heavy atom. The minimum atomic E-state index is -0.314. The Morgan fingerprint density at radius 3 is 2.56 bits per heavy atom. The summed E-state index contributed by atoms with van der Waals surface area (Å²) in [6.45, 7) is 5.65. The molecule has 0 unspecified atom stereocenters. The number of hydrogen-bond acceptors (Lipinski definition) is 7. The maximum Gasteiger partial charge on any atom is 0.225 e. The van der Waals surface area contributed by atoms with E-state index in [0.717, 1.165) is 60.5 Å². The number of nitrogens with one attached hydrogen (secondary N) is 1. The van der Waals surface area contributed by atoms with Gasteiger partial charge in [0.2, 0.25) is 5.95 Å². The zero-order valence-corrected chi connectivity index (χ0v) is 18.2. The van der Waals surface area contributed by atoms with Crippen LogP contribution in [-0.4, -0.2) is 42.8 Å². The van der Waals surface area contributed by atoms with E-state index in [1.807, 2.05) is 30.1 Å². The molecule has 32 heavy (non-hydrogen) atoms. The minimum absolute atomic E-state index is 0.220. The van der Waals surface area contributed by atoms with Crippen molar-refractivity contribution in [1.29, 1.82) is 0 Å². The van der Waals surface area contributed by atoms with E-state index in [1.165, 1.54) is 12.4 Å². The zero-order valence-electron chi connectivity index (χ0n) is 18.2. The molecule has 164 valence electrons. The lowest BCUT2D eigenvalue weighted by atomic mass is 10.1.